The molecule has 3 aromatic carbocycles. The van der Waals surface area contributed by atoms with Gasteiger partial charge in [0.05, 0.1) is 0 Å². The highest BCUT2D eigenvalue weighted by Crippen LogP contribution is 2.40. The van der Waals surface area contributed by atoms with E-state index in [2.05, 4.69) is 39.3 Å². The number of aromatic amines is 1. The number of H-pyrrole nitrogens is 1. The number of carbonyl (C=O) groups excluding carboxylic acids is 1. The van der Waals surface area contributed by atoms with Crippen LogP contribution in [-0.4, -0.2) is 5.91 Å². The van der Waals surface area contributed by atoms with Crippen molar-refractivity contribution in [1.29, 1.82) is 0 Å². The zero-order valence-electron chi connectivity index (χ0n) is 19.1. The predicted octanol–water partition coefficient (Wildman–Crippen LogP) is 6.41. The molecule has 1 amide bonds. The molecule has 35 heavy (non-hydrogen) atoms. The highest BCUT2D eigenvalue weighted by Gasteiger charge is 2.14. The summed E-state index contributed by atoms with van der Waals surface area (Å²) in [4.78, 5) is 15.6. The molecule has 0 aliphatic rings. The molecule has 0 aliphatic carbocycles. The Balaban J connectivity index is 1.33. The number of thiophene rings is 1. The lowest BCUT2D eigenvalue weighted by Gasteiger charge is -2.13. The van der Waals surface area contributed by atoms with E-state index in [9.17, 15) is 4.79 Å². The molecule has 0 unspecified atom stereocenters. The van der Waals surface area contributed by atoms with Gasteiger partial charge < -0.3 is 10.1 Å². The van der Waals surface area contributed by atoms with Crippen molar-refractivity contribution in [2.45, 2.75) is 13.2 Å². The van der Waals surface area contributed by atoms with E-state index in [-0.39, 0.29) is 5.91 Å². The first kappa shape index (κ1) is 22.6. The van der Waals surface area contributed by atoms with E-state index < -0.39 is 0 Å². The van der Waals surface area contributed by atoms with Crippen molar-refractivity contribution in [3.8, 4) is 28.0 Å². The summed E-state index contributed by atoms with van der Waals surface area (Å²) in [7, 11) is 0. The highest BCUT2D eigenvalue weighted by molar-refractivity contribution is 7.08. The fourth-order valence-corrected chi connectivity index (χ4v) is 4.76. The zero-order chi connectivity index (χ0) is 23.9. The largest absolute Gasteiger partial charge is 0.488 e. The number of nitrogens with one attached hydrogen (secondary N) is 2. The molecule has 0 saturated carbocycles. The predicted molar refractivity (Wildman–Crippen MR) is 140 cm³/mol. The summed E-state index contributed by atoms with van der Waals surface area (Å²) in [6.45, 7) is 0.995. The van der Waals surface area contributed by atoms with Gasteiger partial charge in [0.25, 0.3) is 5.91 Å². The van der Waals surface area contributed by atoms with Crippen LogP contribution in [0.5, 0.6) is 5.75 Å². The van der Waals surface area contributed by atoms with Crippen LogP contribution in [-0.2, 0) is 13.2 Å². The topological polar surface area (TPSA) is 52.5 Å². The number of aromatic nitrogens is 1. The van der Waals surface area contributed by atoms with E-state index >= 15 is 0 Å². The summed E-state index contributed by atoms with van der Waals surface area (Å²) in [6.07, 6.45) is 3.72. The van der Waals surface area contributed by atoms with Gasteiger partial charge in [0.15, 0.2) is 12.4 Å². The Labute approximate surface area is 208 Å². The number of benzene rings is 3. The Morgan fingerprint density at radius 1 is 0.771 bits per heavy atom. The average molecular weight is 478 g/mol. The van der Waals surface area contributed by atoms with Crippen molar-refractivity contribution in [3.63, 3.8) is 0 Å². The Morgan fingerprint density at radius 3 is 2.31 bits per heavy atom. The standard InChI is InChI=1S/C30H24N2O2S/c33-30(32-18-23-9-6-16-31-17-23)25-14-12-24(13-15-25)27-20-35-21-28(27)26-10-4-5-11-29(26)34-19-22-7-2-1-3-8-22/h1-17,20-21H,18-19H2,(H,32,33)/p+1. The van der Waals surface area contributed by atoms with Gasteiger partial charge in [-0.3, -0.25) is 4.79 Å². The van der Waals surface area contributed by atoms with Crippen molar-refractivity contribution in [2.75, 3.05) is 0 Å². The molecule has 5 heteroatoms. The lowest BCUT2D eigenvalue weighted by molar-refractivity contribution is -0.378. The third-order valence-corrected chi connectivity index (χ3v) is 6.50. The summed E-state index contributed by atoms with van der Waals surface area (Å²) < 4.78 is 6.20. The van der Waals surface area contributed by atoms with Gasteiger partial charge in [-0.15, -0.1) is 0 Å². The number of hydrogen-bond acceptors (Lipinski definition) is 3. The second-order valence-corrected chi connectivity index (χ2v) is 8.88. The monoisotopic (exact) mass is 477 g/mol. The maximum Gasteiger partial charge on any atom is 0.251 e. The number of rotatable bonds is 8. The van der Waals surface area contributed by atoms with E-state index in [1.807, 2.05) is 85.2 Å². The molecule has 2 heterocycles. The fraction of sp³-hybridized carbons (Fsp3) is 0.0667. The van der Waals surface area contributed by atoms with Crippen LogP contribution >= 0.6 is 11.3 Å². The van der Waals surface area contributed by atoms with Crippen molar-refractivity contribution in [1.82, 2.24) is 5.32 Å². The van der Waals surface area contributed by atoms with Crippen molar-refractivity contribution < 1.29 is 14.5 Å². The van der Waals surface area contributed by atoms with E-state index in [0.29, 0.717) is 18.7 Å². The first-order valence-electron chi connectivity index (χ1n) is 11.4. The molecule has 0 fully saturated rings. The SMILES string of the molecule is O=C(NCc1ccc[nH+]c1)c1ccc(-c2cscc2-c2ccccc2OCc2ccccc2)cc1. The molecule has 4 nitrogen and oxygen atoms in total. The highest BCUT2D eigenvalue weighted by atomic mass is 32.1. The van der Waals surface area contributed by atoms with Crippen molar-refractivity contribution >= 4 is 17.2 Å². The zero-order valence-corrected chi connectivity index (χ0v) is 19.9. The molecule has 2 N–H and O–H groups in total. The lowest BCUT2D eigenvalue weighted by Crippen LogP contribution is -2.23. The third-order valence-electron chi connectivity index (χ3n) is 5.76. The molecule has 0 saturated heterocycles. The van der Waals surface area contributed by atoms with Gasteiger partial charge in [-0.1, -0.05) is 60.7 Å². The van der Waals surface area contributed by atoms with Gasteiger partial charge in [-0.25, -0.2) is 4.98 Å². The molecule has 172 valence electrons. The Hall–Kier alpha value is -4.22. The molecule has 0 bridgehead atoms. The van der Waals surface area contributed by atoms with Gasteiger partial charge in [-0.2, -0.15) is 11.3 Å². The normalized spacial score (nSPS) is 10.6. The smallest absolute Gasteiger partial charge is 0.251 e. The number of amides is 1. The number of pyridine rings is 1. The van der Waals surface area contributed by atoms with Crippen molar-refractivity contribution in [3.05, 3.63) is 131 Å². The maximum absolute atomic E-state index is 12.6. The van der Waals surface area contributed by atoms with Gasteiger partial charge in [-0.05, 0) is 46.2 Å². The number of hydrogen-bond donors (Lipinski definition) is 1. The van der Waals surface area contributed by atoms with Crippen LogP contribution in [0.2, 0.25) is 0 Å². The summed E-state index contributed by atoms with van der Waals surface area (Å²) in [6, 6.07) is 30.0. The number of para-hydroxylation sites is 1. The average Bonchev–Trinajstić information content (AvgIpc) is 3.42. The Kier molecular flexibility index (Phi) is 6.97. The van der Waals surface area contributed by atoms with Gasteiger partial charge >= 0.3 is 0 Å². The van der Waals surface area contributed by atoms with Gasteiger partial charge in [0.1, 0.15) is 12.4 Å². The Morgan fingerprint density at radius 2 is 1.51 bits per heavy atom. The second kappa shape index (κ2) is 10.8. The number of ether oxygens (including phenoxy) is 1. The van der Waals surface area contributed by atoms with Crippen molar-refractivity contribution in [2.24, 2.45) is 0 Å². The Bertz CT molecular complexity index is 1400. The molecule has 0 aliphatic heterocycles. The molecule has 0 atom stereocenters. The second-order valence-electron chi connectivity index (χ2n) is 8.14. The van der Waals surface area contributed by atoms with E-state index in [4.69, 9.17) is 4.74 Å². The van der Waals surface area contributed by atoms with E-state index in [1.165, 1.54) is 0 Å². The van der Waals surface area contributed by atoms with Crippen LogP contribution in [0, 0.1) is 0 Å². The molecule has 0 radical (unpaired) electrons. The summed E-state index contributed by atoms with van der Waals surface area (Å²) in [5.74, 6) is 0.760. The van der Waals surface area contributed by atoms with Gasteiger partial charge in [0, 0.05) is 40.4 Å². The minimum absolute atomic E-state index is 0.0920. The minimum Gasteiger partial charge on any atom is -0.488 e. The molecular formula is C30H25N2O2S+. The fourth-order valence-electron chi connectivity index (χ4n) is 3.91. The first-order valence-corrected chi connectivity index (χ1v) is 12.4. The molecule has 2 aromatic heterocycles. The van der Waals surface area contributed by atoms with Crippen LogP contribution < -0.4 is 15.0 Å². The third kappa shape index (κ3) is 5.48. The van der Waals surface area contributed by atoms with Crippen LogP contribution in [0.3, 0.4) is 0 Å². The first-order chi connectivity index (χ1) is 17.3. The van der Waals surface area contributed by atoms with Crippen LogP contribution in [0.4, 0.5) is 0 Å². The van der Waals surface area contributed by atoms with Gasteiger partial charge in [0.2, 0.25) is 0 Å². The quantitative estimate of drug-likeness (QED) is 0.281. The molecule has 5 aromatic rings. The molecule has 5 rings (SSSR count). The van der Waals surface area contributed by atoms with Crippen LogP contribution in [0.25, 0.3) is 22.3 Å². The maximum atomic E-state index is 12.6. The van der Waals surface area contributed by atoms with Crippen LogP contribution in [0.15, 0.2) is 114 Å². The summed E-state index contributed by atoms with van der Waals surface area (Å²) >= 11 is 1.66. The van der Waals surface area contributed by atoms with Crippen LogP contribution in [0.1, 0.15) is 21.5 Å². The number of carbonyl (C=O) groups is 1. The van der Waals surface area contributed by atoms with E-state index in [1.54, 1.807) is 11.3 Å². The summed E-state index contributed by atoms with van der Waals surface area (Å²) in [5, 5.41) is 7.26. The van der Waals surface area contributed by atoms with E-state index in [0.717, 1.165) is 39.1 Å². The summed E-state index contributed by atoms with van der Waals surface area (Å²) in [5.41, 5.74) is 7.15. The lowest BCUT2D eigenvalue weighted by atomic mass is 9.97. The molecular weight excluding hydrogens is 452 g/mol. The minimum atomic E-state index is -0.0920. The molecule has 0 spiro atoms.